The summed E-state index contributed by atoms with van der Waals surface area (Å²) in [5.74, 6) is 1.05. The molecule has 0 saturated carbocycles. The van der Waals surface area contributed by atoms with Crippen LogP contribution < -0.4 is 16.0 Å². The quantitative estimate of drug-likeness (QED) is 0.787. The Morgan fingerprint density at radius 1 is 1.48 bits per heavy atom. The molecule has 1 aromatic rings. The number of nitrogens with one attached hydrogen (secondary N) is 1. The maximum Gasteiger partial charge on any atom is 0.253 e. The summed E-state index contributed by atoms with van der Waals surface area (Å²) in [6, 6.07) is 4.94. The number of amides is 1. The third kappa shape index (κ3) is 3.44. The van der Waals surface area contributed by atoms with Gasteiger partial charge in [0.15, 0.2) is 9.84 Å². The van der Waals surface area contributed by atoms with E-state index in [1.807, 2.05) is 0 Å². The summed E-state index contributed by atoms with van der Waals surface area (Å²) in [6.45, 7) is 0.565. The van der Waals surface area contributed by atoms with Crippen LogP contribution >= 0.6 is 11.8 Å². The van der Waals surface area contributed by atoms with Gasteiger partial charge in [-0.2, -0.15) is 11.8 Å². The molecule has 1 aliphatic heterocycles. The fourth-order valence-corrected chi connectivity index (χ4v) is 5.16. The van der Waals surface area contributed by atoms with Gasteiger partial charge in [0, 0.05) is 37.0 Å². The van der Waals surface area contributed by atoms with Gasteiger partial charge in [0.25, 0.3) is 5.91 Å². The molecule has 1 heterocycles. The third-order valence-electron chi connectivity index (χ3n) is 3.38. The lowest BCUT2D eigenvalue weighted by molar-refractivity contribution is 0.0963. The van der Waals surface area contributed by atoms with Gasteiger partial charge in [-0.05, 0) is 18.2 Å². The zero-order chi connectivity index (χ0) is 15.6. The van der Waals surface area contributed by atoms with Crippen LogP contribution in [0.2, 0.25) is 0 Å². The van der Waals surface area contributed by atoms with Crippen LogP contribution in [0.25, 0.3) is 0 Å². The van der Waals surface area contributed by atoms with Crippen LogP contribution in [0, 0.1) is 0 Å². The standard InChI is InChI=1S/C13H19N3O3S2/c1-15-13(17)10-4-3-9(14)7-11(10)16-5-6-20-8-12(16)21(2,18)19/h3-4,7,12H,5-6,8,14H2,1-2H3,(H,15,17). The number of anilines is 2. The van der Waals surface area contributed by atoms with E-state index >= 15 is 0 Å². The zero-order valence-electron chi connectivity index (χ0n) is 12.0. The van der Waals surface area contributed by atoms with Crippen LogP contribution in [0.3, 0.4) is 0 Å². The number of sulfone groups is 1. The van der Waals surface area contributed by atoms with E-state index in [9.17, 15) is 13.2 Å². The summed E-state index contributed by atoms with van der Waals surface area (Å²) in [4.78, 5) is 13.8. The number of hydrogen-bond donors (Lipinski definition) is 2. The van der Waals surface area contributed by atoms with E-state index in [2.05, 4.69) is 5.32 Å². The molecule has 3 N–H and O–H groups in total. The fraction of sp³-hybridized carbons (Fsp3) is 0.462. The van der Waals surface area contributed by atoms with E-state index in [0.717, 1.165) is 5.75 Å². The monoisotopic (exact) mass is 329 g/mol. The molecule has 6 nitrogen and oxygen atoms in total. The molecule has 21 heavy (non-hydrogen) atoms. The van der Waals surface area contributed by atoms with E-state index in [4.69, 9.17) is 5.73 Å². The van der Waals surface area contributed by atoms with Crippen molar-refractivity contribution in [1.29, 1.82) is 0 Å². The Kier molecular flexibility index (Phi) is 4.67. The number of rotatable bonds is 3. The predicted octanol–water partition coefficient (Wildman–Crippen LogP) is 0.552. The molecule has 116 valence electrons. The van der Waals surface area contributed by atoms with Gasteiger partial charge in [0.05, 0.1) is 11.3 Å². The Morgan fingerprint density at radius 2 is 2.19 bits per heavy atom. The second-order valence-corrected chi connectivity index (χ2v) is 8.26. The van der Waals surface area contributed by atoms with Gasteiger partial charge in [-0.25, -0.2) is 8.42 Å². The predicted molar refractivity (Wildman–Crippen MR) is 87.5 cm³/mol. The van der Waals surface area contributed by atoms with Crippen molar-refractivity contribution in [1.82, 2.24) is 5.32 Å². The average molecular weight is 329 g/mol. The fourth-order valence-electron chi connectivity index (χ4n) is 2.32. The minimum absolute atomic E-state index is 0.254. The summed E-state index contributed by atoms with van der Waals surface area (Å²) in [5.41, 5.74) is 7.33. The van der Waals surface area contributed by atoms with Crippen LogP contribution in [0.1, 0.15) is 10.4 Å². The summed E-state index contributed by atoms with van der Waals surface area (Å²) in [6.07, 6.45) is 1.22. The van der Waals surface area contributed by atoms with Crippen molar-refractivity contribution < 1.29 is 13.2 Å². The molecule has 1 aromatic carbocycles. The number of nitrogens with zero attached hydrogens (tertiary/aromatic N) is 1. The smallest absolute Gasteiger partial charge is 0.253 e. The highest BCUT2D eigenvalue weighted by atomic mass is 32.2. The lowest BCUT2D eigenvalue weighted by Gasteiger charge is -2.36. The molecule has 1 aliphatic rings. The first-order valence-corrected chi connectivity index (χ1v) is 9.60. The summed E-state index contributed by atoms with van der Waals surface area (Å²) in [7, 11) is -1.71. The largest absolute Gasteiger partial charge is 0.399 e. The third-order valence-corrected chi connectivity index (χ3v) is 6.02. The molecular weight excluding hydrogens is 310 g/mol. The minimum Gasteiger partial charge on any atom is -0.399 e. The van der Waals surface area contributed by atoms with E-state index < -0.39 is 15.2 Å². The van der Waals surface area contributed by atoms with E-state index in [1.165, 1.54) is 6.26 Å². The Hall–Kier alpha value is -1.41. The summed E-state index contributed by atoms with van der Waals surface area (Å²) < 4.78 is 24.0. The molecular formula is C13H19N3O3S2. The van der Waals surface area contributed by atoms with Gasteiger partial charge >= 0.3 is 0 Å². The first kappa shape index (κ1) is 16.0. The maximum absolute atomic E-state index is 12.0. The lowest BCUT2D eigenvalue weighted by atomic mass is 10.1. The van der Waals surface area contributed by atoms with E-state index in [1.54, 1.807) is 41.9 Å². The molecule has 1 atom stereocenters. The van der Waals surface area contributed by atoms with Crippen LogP contribution in [-0.2, 0) is 9.84 Å². The molecule has 0 aliphatic carbocycles. The van der Waals surface area contributed by atoms with Crippen molar-refractivity contribution in [2.75, 3.05) is 42.0 Å². The highest BCUT2D eigenvalue weighted by molar-refractivity contribution is 8.01. The van der Waals surface area contributed by atoms with E-state index in [-0.39, 0.29) is 5.91 Å². The number of carbonyl (C=O) groups is 1. The van der Waals surface area contributed by atoms with Gasteiger partial charge in [-0.1, -0.05) is 0 Å². The Morgan fingerprint density at radius 3 is 2.81 bits per heavy atom. The second-order valence-electron chi connectivity index (χ2n) is 4.91. The van der Waals surface area contributed by atoms with Crippen LogP contribution in [-0.4, -0.2) is 51.1 Å². The van der Waals surface area contributed by atoms with Crippen molar-refractivity contribution in [3.8, 4) is 0 Å². The summed E-state index contributed by atoms with van der Waals surface area (Å²) >= 11 is 1.60. The lowest BCUT2D eigenvalue weighted by Crippen LogP contribution is -2.47. The first-order valence-electron chi connectivity index (χ1n) is 6.49. The molecule has 0 radical (unpaired) electrons. The van der Waals surface area contributed by atoms with Crippen LogP contribution in [0.4, 0.5) is 11.4 Å². The van der Waals surface area contributed by atoms with Crippen molar-refractivity contribution in [3.05, 3.63) is 23.8 Å². The number of benzene rings is 1. The Labute approximate surface area is 129 Å². The molecule has 0 aromatic heterocycles. The SMILES string of the molecule is CNC(=O)c1ccc(N)cc1N1CCSCC1S(C)(=O)=O. The van der Waals surface area contributed by atoms with Crippen molar-refractivity contribution >= 4 is 38.9 Å². The molecule has 1 amide bonds. The topological polar surface area (TPSA) is 92.5 Å². The minimum atomic E-state index is -3.25. The maximum atomic E-state index is 12.0. The summed E-state index contributed by atoms with van der Waals surface area (Å²) in [5, 5.41) is 1.94. The zero-order valence-corrected chi connectivity index (χ0v) is 13.6. The van der Waals surface area contributed by atoms with Crippen LogP contribution in [0.5, 0.6) is 0 Å². The van der Waals surface area contributed by atoms with Gasteiger partial charge in [0.1, 0.15) is 5.37 Å². The molecule has 0 spiro atoms. The highest BCUT2D eigenvalue weighted by Gasteiger charge is 2.33. The van der Waals surface area contributed by atoms with Gasteiger partial charge < -0.3 is 16.0 Å². The first-order chi connectivity index (χ1) is 9.84. The second kappa shape index (κ2) is 6.15. The van der Waals surface area contributed by atoms with Gasteiger partial charge in [-0.3, -0.25) is 4.79 Å². The molecule has 1 saturated heterocycles. The number of thioether (sulfide) groups is 1. The van der Waals surface area contributed by atoms with Crippen LogP contribution in [0.15, 0.2) is 18.2 Å². The molecule has 1 fully saturated rings. The molecule has 0 bridgehead atoms. The highest BCUT2D eigenvalue weighted by Crippen LogP contribution is 2.31. The molecule has 2 rings (SSSR count). The number of nitrogens with two attached hydrogens (primary N) is 1. The Balaban J connectivity index is 2.52. The number of hydrogen-bond acceptors (Lipinski definition) is 6. The normalized spacial score (nSPS) is 19.3. The van der Waals surface area contributed by atoms with E-state index in [0.29, 0.717) is 29.2 Å². The molecule has 1 unspecified atom stereocenters. The Bertz CT molecular complexity index is 646. The van der Waals surface area contributed by atoms with Gasteiger partial charge in [-0.15, -0.1) is 0 Å². The van der Waals surface area contributed by atoms with Crippen molar-refractivity contribution in [2.45, 2.75) is 5.37 Å². The molecule has 8 heteroatoms. The van der Waals surface area contributed by atoms with Crippen molar-refractivity contribution in [2.24, 2.45) is 0 Å². The number of nitrogen functional groups attached to an aromatic ring is 1. The average Bonchev–Trinajstić information content (AvgIpc) is 2.45. The van der Waals surface area contributed by atoms with Gasteiger partial charge in [0.2, 0.25) is 0 Å². The van der Waals surface area contributed by atoms with Crippen molar-refractivity contribution in [3.63, 3.8) is 0 Å². The number of carbonyl (C=O) groups excluding carboxylic acids is 1.